The summed E-state index contributed by atoms with van der Waals surface area (Å²) in [5, 5.41) is 38.1. The average Bonchev–Trinajstić information content (AvgIpc) is 2.42. The zero-order chi connectivity index (χ0) is 15.6. The summed E-state index contributed by atoms with van der Waals surface area (Å²) < 4.78 is 0. The first-order chi connectivity index (χ1) is 9.88. The van der Waals surface area contributed by atoms with Crippen molar-refractivity contribution in [2.24, 2.45) is 0 Å². The molecule has 0 saturated heterocycles. The summed E-state index contributed by atoms with van der Waals surface area (Å²) in [6, 6.07) is 9.69. The molecule has 0 amide bonds. The quantitative estimate of drug-likeness (QED) is 0.645. The fraction of sp³-hybridized carbons (Fsp3) is 0.0588. The summed E-state index contributed by atoms with van der Waals surface area (Å²) in [6.45, 7) is 6.80. The molecular weight excluding hydrogens is 268 g/mol. The lowest BCUT2D eigenvalue weighted by Gasteiger charge is -2.09. The Bertz CT molecular complexity index is 655. The minimum absolute atomic E-state index is 0.0404. The third kappa shape index (κ3) is 3.17. The summed E-state index contributed by atoms with van der Waals surface area (Å²) >= 11 is 0. The second kappa shape index (κ2) is 5.63. The monoisotopic (exact) mass is 284 g/mol. The van der Waals surface area contributed by atoms with Crippen molar-refractivity contribution in [1.29, 1.82) is 0 Å². The highest BCUT2D eigenvalue weighted by atomic mass is 16.3. The second-order valence-corrected chi connectivity index (χ2v) is 4.77. The molecule has 0 unspecified atom stereocenters. The van der Waals surface area contributed by atoms with Crippen molar-refractivity contribution in [1.82, 2.24) is 0 Å². The second-order valence-electron chi connectivity index (χ2n) is 4.77. The molecular formula is C17H16O4. The van der Waals surface area contributed by atoms with Gasteiger partial charge in [0.25, 0.3) is 0 Å². The van der Waals surface area contributed by atoms with Crippen LogP contribution in [0.3, 0.4) is 0 Å². The molecule has 21 heavy (non-hydrogen) atoms. The van der Waals surface area contributed by atoms with Gasteiger partial charge in [-0.05, 0) is 41.8 Å². The Kier molecular flexibility index (Phi) is 3.89. The molecule has 2 rings (SSSR count). The molecule has 0 aromatic heterocycles. The summed E-state index contributed by atoms with van der Waals surface area (Å²) in [5.41, 5.74) is 2.24. The van der Waals surface area contributed by atoms with Crippen LogP contribution in [0, 0.1) is 0 Å². The van der Waals surface area contributed by atoms with Gasteiger partial charge >= 0.3 is 0 Å². The van der Waals surface area contributed by atoms with Gasteiger partial charge in [-0.15, -0.1) is 0 Å². The third-order valence-electron chi connectivity index (χ3n) is 3.15. The smallest absolute Gasteiger partial charge is 0.126 e. The Balaban J connectivity index is 2.34. The molecule has 4 heteroatoms. The van der Waals surface area contributed by atoms with E-state index in [1.165, 1.54) is 12.1 Å². The molecule has 0 saturated carbocycles. The minimum atomic E-state index is -0.204. The molecule has 0 atom stereocenters. The zero-order valence-corrected chi connectivity index (χ0v) is 11.4. The highest BCUT2D eigenvalue weighted by molar-refractivity contribution is 5.65. The maximum atomic E-state index is 9.63. The van der Waals surface area contributed by atoms with Gasteiger partial charge in [0.05, 0.1) is 11.1 Å². The van der Waals surface area contributed by atoms with E-state index < -0.39 is 0 Å². The zero-order valence-electron chi connectivity index (χ0n) is 11.4. The van der Waals surface area contributed by atoms with Crippen molar-refractivity contribution in [3.8, 4) is 11.5 Å². The molecule has 0 spiro atoms. The first-order valence-electron chi connectivity index (χ1n) is 6.28. The standard InChI is InChI=1S/C17H16O4/c1-10(18)14-8-12(3-5-16(14)20)7-13-4-6-17(21)15(9-13)11(2)19/h3-6,8-9,18-21H,1-2,7H2. The van der Waals surface area contributed by atoms with Crippen LogP contribution in [0.1, 0.15) is 22.3 Å². The van der Waals surface area contributed by atoms with Gasteiger partial charge < -0.3 is 20.4 Å². The molecule has 4 nitrogen and oxygen atoms in total. The van der Waals surface area contributed by atoms with Gasteiger partial charge in [-0.25, -0.2) is 0 Å². The molecule has 2 aromatic carbocycles. The van der Waals surface area contributed by atoms with Crippen LogP contribution in [0.5, 0.6) is 11.5 Å². The van der Waals surface area contributed by atoms with E-state index in [1.54, 1.807) is 24.3 Å². The molecule has 0 fully saturated rings. The Morgan fingerprint density at radius 3 is 1.48 bits per heavy atom. The van der Waals surface area contributed by atoms with E-state index in [9.17, 15) is 20.4 Å². The van der Waals surface area contributed by atoms with Crippen LogP contribution in [0.25, 0.3) is 11.5 Å². The maximum Gasteiger partial charge on any atom is 0.126 e. The Morgan fingerprint density at radius 1 is 0.762 bits per heavy atom. The fourth-order valence-electron chi connectivity index (χ4n) is 2.08. The Hall–Kier alpha value is -2.88. The van der Waals surface area contributed by atoms with E-state index in [2.05, 4.69) is 13.2 Å². The molecule has 2 aromatic rings. The van der Waals surface area contributed by atoms with Gasteiger partial charge in [0.2, 0.25) is 0 Å². The number of hydrogen-bond donors (Lipinski definition) is 4. The predicted molar refractivity (Wildman–Crippen MR) is 82.3 cm³/mol. The van der Waals surface area contributed by atoms with E-state index in [1.807, 2.05) is 0 Å². The van der Waals surface area contributed by atoms with Gasteiger partial charge in [-0.2, -0.15) is 0 Å². The van der Waals surface area contributed by atoms with E-state index >= 15 is 0 Å². The van der Waals surface area contributed by atoms with Crippen molar-refractivity contribution in [2.45, 2.75) is 6.42 Å². The van der Waals surface area contributed by atoms with Crippen molar-refractivity contribution in [2.75, 3.05) is 0 Å². The number of hydrogen-bond acceptors (Lipinski definition) is 4. The molecule has 0 radical (unpaired) electrons. The number of aliphatic hydroxyl groups excluding tert-OH is 2. The van der Waals surface area contributed by atoms with E-state index in [-0.39, 0.29) is 34.1 Å². The number of aliphatic hydroxyl groups is 2. The van der Waals surface area contributed by atoms with E-state index in [0.29, 0.717) is 6.42 Å². The largest absolute Gasteiger partial charge is 0.508 e. The first kappa shape index (κ1) is 14.5. The minimum Gasteiger partial charge on any atom is -0.508 e. The normalized spacial score (nSPS) is 10.3. The summed E-state index contributed by atoms with van der Waals surface area (Å²) in [7, 11) is 0. The van der Waals surface area contributed by atoms with Crippen molar-refractivity contribution >= 4 is 11.5 Å². The highest BCUT2D eigenvalue weighted by Crippen LogP contribution is 2.27. The lowest BCUT2D eigenvalue weighted by molar-refractivity contribution is 0.460. The third-order valence-corrected chi connectivity index (χ3v) is 3.15. The Morgan fingerprint density at radius 2 is 1.14 bits per heavy atom. The van der Waals surface area contributed by atoms with Crippen molar-refractivity contribution in [3.05, 3.63) is 71.8 Å². The van der Waals surface area contributed by atoms with Crippen LogP contribution < -0.4 is 0 Å². The average molecular weight is 284 g/mol. The molecule has 0 aliphatic rings. The highest BCUT2D eigenvalue weighted by Gasteiger charge is 2.09. The number of rotatable bonds is 4. The first-order valence-corrected chi connectivity index (χ1v) is 6.28. The van der Waals surface area contributed by atoms with Crippen LogP contribution >= 0.6 is 0 Å². The van der Waals surface area contributed by atoms with Gasteiger partial charge in [0.15, 0.2) is 0 Å². The molecule has 108 valence electrons. The number of phenolic OH excluding ortho intramolecular Hbond substituents is 2. The fourth-order valence-corrected chi connectivity index (χ4v) is 2.08. The topological polar surface area (TPSA) is 80.9 Å². The number of benzene rings is 2. The van der Waals surface area contributed by atoms with Crippen LogP contribution in [-0.4, -0.2) is 20.4 Å². The molecule has 0 aliphatic heterocycles. The van der Waals surface area contributed by atoms with Gasteiger partial charge in [-0.3, -0.25) is 0 Å². The summed E-state index contributed by atoms with van der Waals surface area (Å²) in [6.07, 6.45) is 0.501. The van der Waals surface area contributed by atoms with Crippen LogP contribution in [0.2, 0.25) is 0 Å². The summed E-state index contributed by atoms with van der Waals surface area (Å²) in [4.78, 5) is 0. The number of aromatic hydroxyl groups is 2. The van der Waals surface area contributed by atoms with Crippen molar-refractivity contribution in [3.63, 3.8) is 0 Å². The van der Waals surface area contributed by atoms with Gasteiger partial charge in [-0.1, -0.05) is 25.3 Å². The van der Waals surface area contributed by atoms with E-state index in [0.717, 1.165) is 11.1 Å². The molecule has 0 aliphatic carbocycles. The van der Waals surface area contributed by atoms with E-state index in [4.69, 9.17) is 0 Å². The van der Waals surface area contributed by atoms with Gasteiger partial charge in [0, 0.05) is 0 Å². The SMILES string of the molecule is C=C(O)c1cc(Cc2ccc(O)c(C(=C)O)c2)ccc1O. The van der Waals surface area contributed by atoms with Crippen LogP contribution in [-0.2, 0) is 6.42 Å². The molecule has 0 heterocycles. The lowest BCUT2D eigenvalue weighted by atomic mass is 9.99. The van der Waals surface area contributed by atoms with Crippen LogP contribution in [0.4, 0.5) is 0 Å². The lowest BCUT2D eigenvalue weighted by Crippen LogP contribution is -1.93. The number of phenols is 2. The van der Waals surface area contributed by atoms with Crippen LogP contribution in [0.15, 0.2) is 49.6 Å². The predicted octanol–water partition coefficient (Wildman–Crippen LogP) is 3.75. The van der Waals surface area contributed by atoms with Gasteiger partial charge in [0.1, 0.15) is 23.0 Å². The summed E-state index contributed by atoms with van der Waals surface area (Å²) in [5.74, 6) is -0.489. The van der Waals surface area contributed by atoms with Crippen molar-refractivity contribution < 1.29 is 20.4 Å². The molecule has 4 N–H and O–H groups in total. The Labute approximate surface area is 122 Å². The maximum absolute atomic E-state index is 9.63. The molecule has 0 bridgehead atoms.